The van der Waals surface area contributed by atoms with Gasteiger partial charge in [0.1, 0.15) is 0 Å². The van der Waals surface area contributed by atoms with E-state index in [2.05, 4.69) is 17.3 Å². The van der Waals surface area contributed by atoms with E-state index >= 15 is 0 Å². The Morgan fingerprint density at radius 1 is 1.46 bits per heavy atom. The van der Waals surface area contributed by atoms with Crippen LogP contribution >= 0.6 is 0 Å². The molecule has 2 N–H and O–H groups in total. The Labute approximate surface area is 81.1 Å². The van der Waals surface area contributed by atoms with Crippen LogP contribution in [0.1, 0.15) is 19.3 Å². The van der Waals surface area contributed by atoms with Crippen LogP contribution < -0.4 is 5.32 Å². The number of hydrogen-bond donors (Lipinski definition) is 2. The van der Waals surface area contributed by atoms with Gasteiger partial charge >= 0.3 is 0 Å². The first-order chi connectivity index (χ1) is 6.27. The van der Waals surface area contributed by atoms with E-state index in [1.165, 1.54) is 25.9 Å². The Hall–Kier alpha value is -0.120. The Morgan fingerprint density at radius 2 is 2.08 bits per heavy atom. The van der Waals surface area contributed by atoms with Gasteiger partial charge in [-0.05, 0) is 52.4 Å². The summed E-state index contributed by atoms with van der Waals surface area (Å²) in [7, 11) is 4.18. The quantitative estimate of drug-likeness (QED) is 0.663. The maximum absolute atomic E-state index is 8.90. The predicted octanol–water partition coefficient (Wildman–Crippen LogP) is 0.299. The van der Waals surface area contributed by atoms with Gasteiger partial charge in [0, 0.05) is 12.6 Å². The normalized spacial score (nSPS) is 23.3. The molecule has 0 bridgehead atoms. The first-order valence-corrected chi connectivity index (χ1v) is 5.24. The van der Waals surface area contributed by atoms with Crippen molar-refractivity contribution in [3.63, 3.8) is 0 Å². The molecule has 1 saturated heterocycles. The highest BCUT2D eigenvalue weighted by Crippen LogP contribution is 2.21. The van der Waals surface area contributed by atoms with E-state index in [4.69, 9.17) is 5.11 Å². The third kappa shape index (κ3) is 3.25. The summed E-state index contributed by atoms with van der Waals surface area (Å²) in [5.74, 6) is 0.758. The van der Waals surface area contributed by atoms with E-state index in [-0.39, 0.29) is 0 Å². The molecule has 3 nitrogen and oxygen atoms in total. The standard InChI is InChI=1S/C10H22N2O/c1-11-10(5-8-13)9-3-6-12(2)7-4-9/h9-11,13H,3-8H2,1-2H3. The summed E-state index contributed by atoms with van der Waals surface area (Å²) in [5, 5.41) is 12.2. The Morgan fingerprint density at radius 3 is 2.54 bits per heavy atom. The molecular weight excluding hydrogens is 164 g/mol. The molecule has 0 saturated carbocycles. The van der Waals surface area contributed by atoms with Crippen LogP contribution in [0, 0.1) is 5.92 Å². The van der Waals surface area contributed by atoms with Crippen molar-refractivity contribution in [2.45, 2.75) is 25.3 Å². The molecule has 0 amide bonds. The summed E-state index contributed by atoms with van der Waals surface area (Å²) in [5.41, 5.74) is 0. The lowest BCUT2D eigenvalue weighted by Crippen LogP contribution is -2.41. The molecule has 1 aliphatic rings. The maximum Gasteiger partial charge on any atom is 0.0445 e. The number of aliphatic hydroxyl groups is 1. The fraction of sp³-hybridized carbons (Fsp3) is 1.00. The van der Waals surface area contributed by atoms with Gasteiger partial charge in [-0.2, -0.15) is 0 Å². The van der Waals surface area contributed by atoms with E-state index in [1.54, 1.807) is 0 Å². The molecule has 1 atom stereocenters. The SMILES string of the molecule is CNC(CCO)C1CCN(C)CC1. The molecule has 0 spiro atoms. The highest BCUT2D eigenvalue weighted by molar-refractivity contribution is 4.80. The molecule has 0 aromatic rings. The van der Waals surface area contributed by atoms with Crippen LogP contribution in [0.5, 0.6) is 0 Å². The summed E-state index contributed by atoms with van der Waals surface area (Å²) >= 11 is 0. The van der Waals surface area contributed by atoms with Gasteiger partial charge in [0.05, 0.1) is 0 Å². The van der Waals surface area contributed by atoms with Crippen molar-refractivity contribution in [2.75, 3.05) is 33.8 Å². The molecule has 0 aromatic carbocycles. The third-order valence-corrected chi connectivity index (χ3v) is 3.14. The zero-order valence-corrected chi connectivity index (χ0v) is 8.79. The minimum atomic E-state index is 0.303. The molecule has 0 aliphatic carbocycles. The number of nitrogens with one attached hydrogen (secondary N) is 1. The summed E-state index contributed by atoms with van der Waals surface area (Å²) in [6.07, 6.45) is 3.43. The molecule has 1 unspecified atom stereocenters. The van der Waals surface area contributed by atoms with Crippen LogP contribution in [0.3, 0.4) is 0 Å². The van der Waals surface area contributed by atoms with Gasteiger partial charge < -0.3 is 15.3 Å². The van der Waals surface area contributed by atoms with Crippen molar-refractivity contribution in [2.24, 2.45) is 5.92 Å². The largest absolute Gasteiger partial charge is 0.396 e. The molecule has 1 aliphatic heterocycles. The second-order valence-electron chi connectivity index (χ2n) is 4.05. The van der Waals surface area contributed by atoms with Crippen LogP contribution in [-0.2, 0) is 0 Å². The zero-order valence-electron chi connectivity index (χ0n) is 8.79. The number of nitrogens with zero attached hydrogens (tertiary/aromatic N) is 1. The minimum absolute atomic E-state index is 0.303. The number of aliphatic hydroxyl groups excluding tert-OH is 1. The summed E-state index contributed by atoms with van der Waals surface area (Å²) in [4.78, 5) is 2.38. The molecule has 1 fully saturated rings. The summed E-state index contributed by atoms with van der Waals surface area (Å²) < 4.78 is 0. The average Bonchev–Trinajstić information content (AvgIpc) is 2.16. The maximum atomic E-state index is 8.90. The van der Waals surface area contributed by atoms with Crippen molar-refractivity contribution < 1.29 is 5.11 Å². The first-order valence-electron chi connectivity index (χ1n) is 5.24. The van der Waals surface area contributed by atoms with Crippen LogP contribution in [0.2, 0.25) is 0 Å². The van der Waals surface area contributed by atoms with Gasteiger partial charge in [-0.1, -0.05) is 0 Å². The molecule has 13 heavy (non-hydrogen) atoms. The van der Waals surface area contributed by atoms with Gasteiger partial charge in [-0.3, -0.25) is 0 Å². The third-order valence-electron chi connectivity index (χ3n) is 3.14. The monoisotopic (exact) mass is 186 g/mol. The smallest absolute Gasteiger partial charge is 0.0445 e. The van der Waals surface area contributed by atoms with Gasteiger partial charge in [-0.15, -0.1) is 0 Å². The highest BCUT2D eigenvalue weighted by Gasteiger charge is 2.23. The van der Waals surface area contributed by atoms with Crippen molar-refractivity contribution >= 4 is 0 Å². The fourth-order valence-electron chi connectivity index (χ4n) is 2.19. The molecule has 3 heteroatoms. The van der Waals surface area contributed by atoms with Crippen molar-refractivity contribution in [1.82, 2.24) is 10.2 Å². The Bertz CT molecular complexity index is 133. The lowest BCUT2D eigenvalue weighted by molar-refractivity contribution is 0.166. The van der Waals surface area contributed by atoms with Crippen molar-refractivity contribution in [1.29, 1.82) is 0 Å². The minimum Gasteiger partial charge on any atom is -0.396 e. The topological polar surface area (TPSA) is 35.5 Å². The van der Waals surface area contributed by atoms with Gasteiger partial charge in [0.15, 0.2) is 0 Å². The second kappa shape index (κ2) is 5.58. The van der Waals surface area contributed by atoms with Gasteiger partial charge in [-0.25, -0.2) is 0 Å². The predicted molar refractivity (Wildman–Crippen MR) is 54.8 cm³/mol. The number of piperidine rings is 1. The second-order valence-corrected chi connectivity index (χ2v) is 4.05. The fourth-order valence-corrected chi connectivity index (χ4v) is 2.19. The first kappa shape index (κ1) is 11.0. The van der Waals surface area contributed by atoms with Crippen LogP contribution in [0.4, 0.5) is 0 Å². The molecule has 1 heterocycles. The average molecular weight is 186 g/mol. The number of rotatable bonds is 4. The van der Waals surface area contributed by atoms with Gasteiger partial charge in [0.2, 0.25) is 0 Å². The lowest BCUT2D eigenvalue weighted by Gasteiger charge is -2.34. The Kier molecular flexibility index (Phi) is 4.70. The molecule has 0 aromatic heterocycles. The summed E-state index contributed by atoms with van der Waals surface area (Å²) in [6, 6.07) is 0.513. The highest BCUT2D eigenvalue weighted by atomic mass is 16.3. The van der Waals surface area contributed by atoms with Crippen molar-refractivity contribution in [3.8, 4) is 0 Å². The molecule has 78 valence electrons. The summed E-state index contributed by atoms with van der Waals surface area (Å²) in [6.45, 7) is 2.71. The van der Waals surface area contributed by atoms with Crippen LogP contribution in [0.25, 0.3) is 0 Å². The molecule has 1 rings (SSSR count). The van der Waals surface area contributed by atoms with E-state index in [9.17, 15) is 0 Å². The zero-order chi connectivity index (χ0) is 9.68. The van der Waals surface area contributed by atoms with E-state index in [1.807, 2.05) is 7.05 Å². The van der Waals surface area contributed by atoms with E-state index in [0.29, 0.717) is 12.6 Å². The number of hydrogen-bond acceptors (Lipinski definition) is 3. The van der Waals surface area contributed by atoms with Crippen molar-refractivity contribution in [3.05, 3.63) is 0 Å². The van der Waals surface area contributed by atoms with E-state index < -0.39 is 0 Å². The van der Waals surface area contributed by atoms with Crippen LogP contribution in [0.15, 0.2) is 0 Å². The lowest BCUT2D eigenvalue weighted by atomic mass is 9.88. The molecule has 0 radical (unpaired) electrons. The van der Waals surface area contributed by atoms with E-state index in [0.717, 1.165) is 12.3 Å². The molecular formula is C10H22N2O. The van der Waals surface area contributed by atoms with Gasteiger partial charge in [0.25, 0.3) is 0 Å². The number of likely N-dealkylation sites (tertiary alicyclic amines) is 1. The Balaban J connectivity index is 2.32. The van der Waals surface area contributed by atoms with Crippen LogP contribution in [-0.4, -0.2) is 49.8 Å².